The van der Waals surface area contributed by atoms with E-state index in [9.17, 15) is 18.0 Å². The Morgan fingerprint density at radius 3 is 2.82 bits per heavy atom. The molecule has 1 saturated carbocycles. The molecule has 11 heteroatoms. The summed E-state index contributed by atoms with van der Waals surface area (Å²) in [5.74, 6) is -0.322. The normalized spacial score (nSPS) is 21.4. The molecule has 34 heavy (non-hydrogen) atoms. The van der Waals surface area contributed by atoms with Crippen molar-refractivity contribution in [3.8, 4) is 0 Å². The predicted molar refractivity (Wildman–Crippen MR) is 120 cm³/mol. The fraction of sp³-hybridized carbons (Fsp3) is 0.478. The number of alkyl halides is 3. The van der Waals surface area contributed by atoms with E-state index in [2.05, 4.69) is 20.4 Å². The molecule has 2 aromatic heterocycles. The third-order valence-corrected chi connectivity index (χ3v) is 6.82. The first-order valence-electron chi connectivity index (χ1n) is 11.4. The number of anilines is 2. The minimum atomic E-state index is -4.45. The van der Waals surface area contributed by atoms with Crippen molar-refractivity contribution in [1.82, 2.24) is 24.6 Å². The largest absolute Gasteiger partial charge is 0.416 e. The molecule has 1 fully saturated rings. The number of halogens is 3. The van der Waals surface area contributed by atoms with Gasteiger partial charge < -0.3 is 16.0 Å². The van der Waals surface area contributed by atoms with E-state index in [0.29, 0.717) is 48.4 Å². The van der Waals surface area contributed by atoms with E-state index in [1.54, 1.807) is 23.1 Å². The summed E-state index contributed by atoms with van der Waals surface area (Å²) >= 11 is 0. The maximum Gasteiger partial charge on any atom is 0.416 e. The monoisotopic (exact) mass is 473 g/mol. The third kappa shape index (κ3) is 4.31. The summed E-state index contributed by atoms with van der Waals surface area (Å²) < 4.78 is 43.1. The molecule has 180 valence electrons. The van der Waals surface area contributed by atoms with Gasteiger partial charge in [0.15, 0.2) is 5.65 Å². The first-order valence-corrected chi connectivity index (χ1v) is 11.4. The average molecular weight is 474 g/mol. The molecule has 0 unspecified atom stereocenters. The lowest BCUT2D eigenvalue weighted by molar-refractivity contribution is -0.138. The second-order valence-electron chi connectivity index (χ2n) is 9.25. The van der Waals surface area contributed by atoms with Crippen molar-refractivity contribution in [3.63, 3.8) is 0 Å². The fourth-order valence-corrected chi connectivity index (χ4v) is 5.10. The smallest absolute Gasteiger partial charge is 0.369 e. The number of nitrogens with one attached hydrogen (secondary N) is 1. The van der Waals surface area contributed by atoms with Crippen molar-refractivity contribution in [2.24, 2.45) is 11.7 Å². The van der Waals surface area contributed by atoms with E-state index in [0.717, 1.165) is 30.7 Å². The van der Waals surface area contributed by atoms with E-state index in [4.69, 9.17) is 5.73 Å². The van der Waals surface area contributed by atoms with Crippen molar-refractivity contribution < 1.29 is 18.0 Å². The number of aromatic nitrogens is 4. The Balaban J connectivity index is 1.47. The molecule has 3 N–H and O–H groups in total. The summed E-state index contributed by atoms with van der Waals surface area (Å²) in [4.78, 5) is 22.5. The van der Waals surface area contributed by atoms with Gasteiger partial charge in [-0.25, -0.2) is 9.67 Å². The molecular weight excluding hydrogens is 447 g/mol. The van der Waals surface area contributed by atoms with Crippen LogP contribution < -0.4 is 11.1 Å². The second kappa shape index (κ2) is 8.53. The number of rotatable bonds is 4. The van der Waals surface area contributed by atoms with Gasteiger partial charge in [-0.2, -0.15) is 23.3 Å². The molecule has 5 rings (SSSR count). The molecule has 0 saturated heterocycles. The molecule has 1 aliphatic heterocycles. The van der Waals surface area contributed by atoms with E-state index < -0.39 is 11.7 Å². The van der Waals surface area contributed by atoms with Crippen molar-refractivity contribution in [2.45, 2.75) is 50.9 Å². The number of nitrogens with two attached hydrogens (primary N) is 1. The van der Waals surface area contributed by atoms with E-state index in [-0.39, 0.29) is 23.8 Å². The van der Waals surface area contributed by atoms with Crippen LogP contribution in [-0.2, 0) is 23.9 Å². The molecule has 8 nitrogen and oxygen atoms in total. The number of carbonyl (C=O) groups is 1. The minimum Gasteiger partial charge on any atom is -0.369 e. The lowest BCUT2D eigenvalue weighted by atomic mass is 9.85. The van der Waals surface area contributed by atoms with E-state index >= 15 is 0 Å². The van der Waals surface area contributed by atoms with Crippen LogP contribution >= 0.6 is 0 Å². The van der Waals surface area contributed by atoms with Crippen molar-refractivity contribution in [3.05, 3.63) is 41.2 Å². The van der Waals surface area contributed by atoms with Gasteiger partial charge in [0.05, 0.1) is 23.2 Å². The van der Waals surface area contributed by atoms with Crippen LogP contribution in [0, 0.1) is 5.92 Å². The van der Waals surface area contributed by atoms with E-state index in [1.165, 1.54) is 0 Å². The number of nitrogens with zero attached hydrogens (tertiary/aromatic N) is 5. The molecular formula is C23H26F3N7O. The molecule has 2 atom stereocenters. The quantitative estimate of drug-likeness (QED) is 0.598. The van der Waals surface area contributed by atoms with Crippen LogP contribution in [0.1, 0.15) is 48.4 Å². The molecule has 3 aromatic rings. The van der Waals surface area contributed by atoms with Gasteiger partial charge in [-0.05, 0) is 56.0 Å². The van der Waals surface area contributed by atoms with Gasteiger partial charge in [0.1, 0.15) is 0 Å². The highest BCUT2D eigenvalue weighted by atomic mass is 19.4. The summed E-state index contributed by atoms with van der Waals surface area (Å²) in [5.41, 5.74) is 6.76. The number of carbonyl (C=O) groups excluding carboxylic acids is 1. The highest BCUT2D eigenvalue weighted by Crippen LogP contribution is 2.38. The summed E-state index contributed by atoms with van der Waals surface area (Å²) in [5, 5.41) is 8.14. The third-order valence-electron chi connectivity index (χ3n) is 6.82. The summed E-state index contributed by atoms with van der Waals surface area (Å²) in [7, 11) is 1.89. The van der Waals surface area contributed by atoms with Gasteiger partial charge in [0.2, 0.25) is 11.9 Å². The van der Waals surface area contributed by atoms with Crippen LogP contribution in [0.2, 0.25) is 0 Å². The number of hydrogen-bond acceptors (Lipinski definition) is 6. The lowest BCUT2D eigenvalue weighted by Crippen LogP contribution is -2.30. The number of likely N-dealkylation sites (N-methyl/N-ethyl adjacent to an activating group) is 1. The zero-order chi connectivity index (χ0) is 24.0. The Labute approximate surface area is 194 Å². The zero-order valence-electron chi connectivity index (χ0n) is 18.8. The first kappa shape index (κ1) is 22.6. The number of benzene rings is 1. The average Bonchev–Trinajstić information content (AvgIpc) is 3.21. The molecule has 0 radical (unpaired) electrons. The summed E-state index contributed by atoms with van der Waals surface area (Å²) in [6.07, 6.45) is 2.23. The number of amides is 1. The topological polar surface area (TPSA) is 102 Å². The molecule has 1 aromatic carbocycles. The molecule has 0 bridgehead atoms. The lowest BCUT2D eigenvalue weighted by Gasteiger charge is -2.28. The number of fused-ring (bicyclic) bond motifs is 2. The zero-order valence-corrected chi connectivity index (χ0v) is 18.8. The Hall–Kier alpha value is -3.21. The Morgan fingerprint density at radius 1 is 1.24 bits per heavy atom. The molecule has 2 aliphatic rings. The van der Waals surface area contributed by atoms with Crippen molar-refractivity contribution in [2.75, 3.05) is 18.9 Å². The van der Waals surface area contributed by atoms with Crippen LogP contribution in [0.25, 0.3) is 11.0 Å². The van der Waals surface area contributed by atoms with Crippen molar-refractivity contribution >= 4 is 28.6 Å². The van der Waals surface area contributed by atoms with Crippen LogP contribution in [0.3, 0.4) is 0 Å². The Bertz CT molecular complexity index is 1240. The van der Waals surface area contributed by atoms with Gasteiger partial charge in [-0.15, -0.1) is 0 Å². The van der Waals surface area contributed by atoms with Gasteiger partial charge in [0, 0.05) is 30.9 Å². The highest BCUT2D eigenvalue weighted by molar-refractivity contribution is 5.77. The van der Waals surface area contributed by atoms with Crippen molar-refractivity contribution in [1.29, 1.82) is 0 Å². The number of hydrogen-bond donors (Lipinski definition) is 2. The minimum absolute atomic E-state index is 0.0254. The SMILES string of the molecule is CN1CCc2c(cc(Nc3ncc4cnn([C@@H]5CCC[C@@H](C(N)=O)C5)c4n3)cc2C(F)(F)F)C1. The van der Waals surface area contributed by atoms with Gasteiger partial charge in [0.25, 0.3) is 0 Å². The predicted octanol–water partition coefficient (Wildman–Crippen LogP) is 3.79. The Kier molecular flexibility index (Phi) is 5.67. The van der Waals surface area contributed by atoms with Gasteiger partial charge >= 0.3 is 6.18 Å². The number of primary amides is 1. The highest BCUT2D eigenvalue weighted by Gasteiger charge is 2.36. The van der Waals surface area contributed by atoms with Crippen LogP contribution in [0.4, 0.5) is 24.8 Å². The standard InChI is InChI=1S/C23H26F3N7O/c1-32-6-5-18-14(12-32)7-16(9-19(18)23(24,25)26)30-22-28-10-15-11-29-33(21(15)31-22)17-4-2-3-13(8-17)20(27)34/h7,9-11,13,17H,2-6,8,12H2,1H3,(H2,27,34)(H,28,30,31)/t13-,17-/m1/s1. The molecule has 1 amide bonds. The fourth-order valence-electron chi connectivity index (χ4n) is 5.10. The maximum atomic E-state index is 13.8. The van der Waals surface area contributed by atoms with Crippen LogP contribution in [0.5, 0.6) is 0 Å². The maximum absolute atomic E-state index is 13.8. The van der Waals surface area contributed by atoms with Crippen LogP contribution in [0.15, 0.2) is 24.5 Å². The van der Waals surface area contributed by atoms with E-state index in [1.807, 2.05) is 11.9 Å². The van der Waals surface area contributed by atoms with Crippen LogP contribution in [-0.4, -0.2) is 44.1 Å². The second-order valence-corrected chi connectivity index (χ2v) is 9.25. The Morgan fingerprint density at radius 2 is 2.06 bits per heavy atom. The molecule has 1 aliphatic carbocycles. The molecule has 3 heterocycles. The van der Waals surface area contributed by atoms with Gasteiger partial charge in [-0.3, -0.25) is 4.79 Å². The summed E-state index contributed by atoms with van der Waals surface area (Å²) in [6.45, 7) is 1.04. The first-order chi connectivity index (χ1) is 16.2. The van der Waals surface area contributed by atoms with Gasteiger partial charge in [-0.1, -0.05) is 6.42 Å². The molecule has 0 spiro atoms. The summed E-state index contributed by atoms with van der Waals surface area (Å²) in [6, 6.07) is 2.85.